The number of hydrogen-bond donors (Lipinski definition) is 0. The Kier molecular flexibility index (Phi) is 2.87. The second kappa shape index (κ2) is 4.45. The van der Waals surface area contributed by atoms with Crippen molar-refractivity contribution in [3.63, 3.8) is 0 Å². The quantitative estimate of drug-likeness (QED) is 0.726. The molecule has 0 aliphatic heterocycles. The lowest BCUT2D eigenvalue weighted by molar-refractivity contribution is 0.586. The number of para-hydroxylation sites is 1. The van der Waals surface area contributed by atoms with Crippen LogP contribution in [-0.4, -0.2) is 12.4 Å². The first-order chi connectivity index (χ1) is 9.50. The van der Waals surface area contributed by atoms with Gasteiger partial charge in [0.25, 0.3) is 10.0 Å². The average Bonchev–Trinajstić information content (AvgIpc) is 2.85. The molecule has 20 heavy (non-hydrogen) atoms. The highest BCUT2D eigenvalue weighted by molar-refractivity contribution is 7.90. The van der Waals surface area contributed by atoms with Crippen molar-refractivity contribution in [2.75, 3.05) is 0 Å². The predicted molar refractivity (Wildman–Crippen MR) is 75.7 cm³/mol. The van der Waals surface area contributed by atoms with Gasteiger partial charge in [-0.25, -0.2) is 16.8 Å². The van der Waals surface area contributed by atoms with Gasteiger partial charge in [0.15, 0.2) is 0 Å². The number of halogens is 1. The maximum Gasteiger partial charge on any atom is 0.268 e. The molecular weight excluding hydrogens is 277 g/mol. The van der Waals surface area contributed by atoms with Gasteiger partial charge >= 0.3 is 0 Å². The van der Waals surface area contributed by atoms with Crippen LogP contribution < -0.4 is 0 Å². The van der Waals surface area contributed by atoms with Crippen LogP contribution in [0.5, 0.6) is 0 Å². The fourth-order valence-corrected chi connectivity index (χ4v) is 3.51. The number of aromatic nitrogens is 1. The molecule has 0 unspecified atom stereocenters. The minimum atomic E-state index is -3.78. The van der Waals surface area contributed by atoms with Crippen molar-refractivity contribution in [3.8, 4) is 0 Å². The van der Waals surface area contributed by atoms with E-state index in [4.69, 9.17) is 0 Å². The molecule has 0 N–H and O–H groups in total. The molecule has 0 aliphatic carbocycles. The molecule has 1 aromatic heterocycles. The molecular formula is C15H12FNO2S. The van der Waals surface area contributed by atoms with Crippen molar-refractivity contribution in [3.05, 3.63) is 66.1 Å². The van der Waals surface area contributed by atoms with Crippen molar-refractivity contribution in [2.45, 2.75) is 11.8 Å². The van der Waals surface area contributed by atoms with E-state index in [0.29, 0.717) is 5.39 Å². The lowest BCUT2D eigenvalue weighted by Crippen LogP contribution is -2.12. The second-order valence-electron chi connectivity index (χ2n) is 4.61. The standard InChI is InChI=1S/C15H12FNO2S/c1-11-5-7-13(8-6-11)20(18,19)17-10-9-12-3-2-4-14(16)15(12)17/h2-10H,1H3. The van der Waals surface area contributed by atoms with E-state index in [1.54, 1.807) is 30.3 Å². The summed E-state index contributed by atoms with van der Waals surface area (Å²) in [4.78, 5) is 0.142. The van der Waals surface area contributed by atoms with Gasteiger partial charge in [-0.05, 0) is 31.2 Å². The van der Waals surface area contributed by atoms with Crippen molar-refractivity contribution in [2.24, 2.45) is 0 Å². The molecule has 0 atom stereocenters. The smallest absolute Gasteiger partial charge is 0.238 e. The van der Waals surface area contributed by atoms with Gasteiger partial charge in [0.1, 0.15) is 5.82 Å². The molecule has 5 heteroatoms. The molecule has 0 saturated heterocycles. The predicted octanol–water partition coefficient (Wildman–Crippen LogP) is 3.33. The number of hydrogen-bond acceptors (Lipinski definition) is 2. The fourth-order valence-electron chi connectivity index (χ4n) is 2.15. The zero-order valence-corrected chi connectivity index (χ0v) is 11.6. The highest BCUT2D eigenvalue weighted by Crippen LogP contribution is 2.24. The van der Waals surface area contributed by atoms with E-state index < -0.39 is 15.8 Å². The van der Waals surface area contributed by atoms with Gasteiger partial charge in [-0.2, -0.15) is 0 Å². The molecule has 102 valence electrons. The van der Waals surface area contributed by atoms with Crippen LogP contribution in [0, 0.1) is 12.7 Å². The molecule has 0 amide bonds. The summed E-state index contributed by atoms with van der Waals surface area (Å²) in [7, 11) is -3.78. The van der Waals surface area contributed by atoms with Crippen molar-refractivity contribution < 1.29 is 12.8 Å². The van der Waals surface area contributed by atoms with Gasteiger partial charge < -0.3 is 0 Å². The van der Waals surface area contributed by atoms with Crippen molar-refractivity contribution >= 4 is 20.9 Å². The Bertz CT molecular complexity index is 880. The summed E-state index contributed by atoms with van der Waals surface area (Å²) in [5, 5.41) is 0.556. The van der Waals surface area contributed by atoms with E-state index in [2.05, 4.69) is 0 Å². The van der Waals surface area contributed by atoms with Crippen LogP contribution in [0.4, 0.5) is 4.39 Å². The third-order valence-electron chi connectivity index (χ3n) is 3.21. The van der Waals surface area contributed by atoms with Gasteiger partial charge in [0.2, 0.25) is 0 Å². The largest absolute Gasteiger partial charge is 0.268 e. The highest BCUT2D eigenvalue weighted by Gasteiger charge is 2.20. The molecule has 0 aliphatic rings. The van der Waals surface area contributed by atoms with Crippen LogP contribution in [0.2, 0.25) is 0 Å². The molecule has 0 spiro atoms. The maximum absolute atomic E-state index is 13.9. The molecule has 3 nitrogen and oxygen atoms in total. The Morgan fingerprint density at radius 2 is 1.70 bits per heavy atom. The lowest BCUT2D eigenvalue weighted by atomic mass is 10.2. The summed E-state index contributed by atoms with van der Waals surface area (Å²) < 4.78 is 40.0. The first kappa shape index (κ1) is 12.9. The van der Waals surface area contributed by atoms with Crippen LogP contribution in [0.15, 0.2) is 59.6 Å². The molecule has 1 heterocycles. The number of benzene rings is 2. The fraction of sp³-hybridized carbons (Fsp3) is 0.0667. The van der Waals surface area contributed by atoms with Crippen LogP contribution in [0.1, 0.15) is 5.56 Å². The summed E-state index contributed by atoms with van der Waals surface area (Å²) >= 11 is 0. The first-order valence-corrected chi connectivity index (χ1v) is 7.52. The Balaban J connectivity index is 2.27. The molecule has 3 aromatic rings. The van der Waals surface area contributed by atoms with Crippen LogP contribution in [0.3, 0.4) is 0 Å². The number of aryl methyl sites for hydroxylation is 1. The summed E-state index contributed by atoms with van der Waals surface area (Å²) in [6, 6.07) is 12.6. The van der Waals surface area contributed by atoms with E-state index in [0.717, 1.165) is 9.54 Å². The van der Waals surface area contributed by atoms with E-state index in [9.17, 15) is 12.8 Å². The summed E-state index contributed by atoms with van der Waals surface area (Å²) in [5.74, 6) is -0.553. The minimum Gasteiger partial charge on any atom is -0.238 e. The Morgan fingerprint density at radius 3 is 2.40 bits per heavy atom. The molecule has 0 radical (unpaired) electrons. The Labute approximate surface area is 116 Å². The average molecular weight is 289 g/mol. The zero-order chi connectivity index (χ0) is 14.3. The van der Waals surface area contributed by atoms with E-state index in [1.165, 1.54) is 24.4 Å². The first-order valence-electron chi connectivity index (χ1n) is 6.08. The van der Waals surface area contributed by atoms with Gasteiger partial charge in [0, 0.05) is 11.6 Å². The normalized spacial score (nSPS) is 11.9. The van der Waals surface area contributed by atoms with Gasteiger partial charge in [-0.3, -0.25) is 0 Å². The van der Waals surface area contributed by atoms with Crippen LogP contribution in [-0.2, 0) is 10.0 Å². The minimum absolute atomic E-state index is 0.0769. The monoisotopic (exact) mass is 289 g/mol. The molecule has 0 bridgehead atoms. The third kappa shape index (κ3) is 1.91. The molecule has 0 fully saturated rings. The van der Waals surface area contributed by atoms with E-state index in [-0.39, 0.29) is 10.4 Å². The van der Waals surface area contributed by atoms with Crippen LogP contribution in [0.25, 0.3) is 10.9 Å². The number of rotatable bonds is 2. The molecule has 2 aromatic carbocycles. The number of fused-ring (bicyclic) bond motifs is 1. The Morgan fingerprint density at radius 1 is 1.00 bits per heavy atom. The van der Waals surface area contributed by atoms with Gasteiger partial charge in [-0.1, -0.05) is 29.8 Å². The zero-order valence-electron chi connectivity index (χ0n) is 10.7. The van der Waals surface area contributed by atoms with Crippen molar-refractivity contribution in [1.82, 2.24) is 3.97 Å². The number of nitrogens with zero attached hydrogens (tertiary/aromatic N) is 1. The van der Waals surface area contributed by atoms with E-state index >= 15 is 0 Å². The highest BCUT2D eigenvalue weighted by atomic mass is 32.2. The van der Waals surface area contributed by atoms with Gasteiger partial charge in [0.05, 0.1) is 10.4 Å². The molecule has 3 rings (SSSR count). The third-order valence-corrected chi connectivity index (χ3v) is 4.90. The lowest BCUT2D eigenvalue weighted by Gasteiger charge is -2.08. The Hall–Kier alpha value is -2.14. The van der Waals surface area contributed by atoms with Crippen molar-refractivity contribution in [1.29, 1.82) is 0 Å². The summed E-state index contributed by atoms with van der Waals surface area (Å²) in [6.07, 6.45) is 1.38. The maximum atomic E-state index is 13.9. The van der Waals surface area contributed by atoms with Crippen LogP contribution >= 0.6 is 0 Å². The summed E-state index contributed by atoms with van der Waals surface area (Å²) in [6.45, 7) is 1.88. The molecule has 0 saturated carbocycles. The SMILES string of the molecule is Cc1ccc(S(=O)(=O)n2ccc3cccc(F)c32)cc1. The topological polar surface area (TPSA) is 39.1 Å². The second-order valence-corrected chi connectivity index (χ2v) is 6.42. The van der Waals surface area contributed by atoms with Gasteiger partial charge in [-0.15, -0.1) is 0 Å². The van der Waals surface area contributed by atoms with E-state index in [1.807, 2.05) is 6.92 Å². The summed E-state index contributed by atoms with van der Waals surface area (Å²) in [5.41, 5.74) is 1.04.